The molecule has 3 heteroatoms. The first-order valence-electron chi connectivity index (χ1n) is 7.80. The number of rotatable bonds is 4. The van der Waals surface area contributed by atoms with Crippen LogP contribution in [0, 0.1) is 17.7 Å². The van der Waals surface area contributed by atoms with Gasteiger partial charge >= 0.3 is 0 Å². The van der Waals surface area contributed by atoms with Crippen LogP contribution in [0.15, 0.2) is 18.2 Å². The van der Waals surface area contributed by atoms with Gasteiger partial charge in [0.1, 0.15) is 5.82 Å². The molecule has 20 heavy (non-hydrogen) atoms. The van der Waals surface area contributed by atoms with Gasteiger partial charge in [-0.2, -0.15) is 0 Å². The highest BCUT2D eigenvalue weighted by atomic mass is 19.1. The predicted octanol–water partition coefficient (Wildman–Crippen LogP) is 3.59. The van der Waals surface area contributed by atoms with E-state index in [9.17, 15) is 4.39 Å². The molecule has 0 aliphatic carbocycles. The highest BCUT2D eigenvalue weighted by molar-refractivity contribution is 5.49. The maximum Gasteiger partial charge on any atom is 0.146 e. The second kappa shape index (κ2) is 6.57. The van der Waals surface area contributed by atoms with E-state index in [1.165, 1.54) is 0 Å². The molecule has 1 aromatic rings. The van der Waals surface area contributed by atoms with E-state index in [0.29, 0.717) is 5.92 Å². The zero-order valence-electron chi connectivity index (χ0n) is 12.9. The molecule has 0 radical (unpaired) electrons. The van der Waals surface area contributed by atoms with Gasteiger partial charge in [0.05, 0.1) is 5.69 Å². The molecule has 3 atom stereocenters. The summed E-state index contributed by atoms with van der Waals surface area (Å²) in [6, 6.07) is 5.73. The SMILES string of the molecule is CCC(N)Cc1ccc(N2CCC(C)C(C)C2)c(F)c1. The third-order valence-electron chi connectivity index (χ3n) is 4.71. The molecule has 2 rings (SSSR count). The largest absolute Gasteiger partial charge is 0.369 e. The molecule has 2 N–H and O–H groups in total. The molecular weight excluding hydrogens is 251 g/mol. The van der Waals surface area contributed by atoms with Gasteiger partial charge in [-0.25, -0.2) is 4.39 Å². The summed E-state index contributed by atoms with van der Waals surface area (Å²) < 4.78 is 14.3. The minimum Gasteiger partial charge on any atom is -0.369 e. The average molecular weight is 278 g/mol. The summed E-state index contributed by atoms with van der Waals surface area (Å²) in [5, 5.41) is 0. The first-order chi connectivity index (χ1) is 9.51. The van der Waals surface area contributed by atoms with Gasteiger partial charge in [0.15, 0.2) is 0 Å². The van der Waals surface area contributed by atoms with Gasteiger partial charge < -0.3 is 10.6 Å². The lowest BCUT2D eigenvalue weighted by Gasteiger charge is -2.37. The number of piperidine rings is 1. The van der Waals surface area contributed by atoms with E-state index < -0.39 is 0 Å². The topological polar surface area (TPSA) is 29.3 Å². The quantitative estimate of drug-likeness (QED) is 0.912. The van der Waals surface area contributed by atoms with Crippen LogP contribution in [0.5, 0.6) is 0 Å². The maximum absolute atomic E-state index is 14.3. The summed E-state index contributed by atoms with van der Waals surface area (Å²) in [4.78, 5) is 2.18. The fraction of sp³-hybridized carbons (Fsp3) is 0.647. The summed E-state index contributed by atoms with van der Waals surface area (Å²) in [7, 11) is 0. The summed E-state index contributed by atoms with van der Waals surface area (Å²) in [6.07, 6.45) is 2.81. The molecule has 1 aliphatic rings. The molecule has 112 valence electrons. The van der Waals surface area contributed by atoms with Crippen molar-refractivity contribution in [3.8, 4) is 0 Å². The smallest absolute Gasteiger partial charge is 0.146 e. The fourth-order valence-corrected chi connectivity index (χ4v) is 2.86. The van der Waals surface area contributed by atoms with Gasteiger partial charge in [0.25, 0.3) is 0 Å². The molecule has 1 saturated heterocycles. The van der Waals surface area contributed by atoms with Crippen LogP contribution in [0.3, 0.4) is 0 Å². The van der Waals surface area contributed by atoms with Gasteiger partial charge in [0, 0.05) is 19.1 Å². The van der Waals surface area contributed by atoms with Crippen LogP contribution in [-0.2, 0) is 6.42 Å². The Morgan fingerprint density at radius 2 is 2.10 bits per heavy atom. The molecule has 3 unspecified atom stereocenters. The van der Waals surface area contributed by atoms with Crippen molar-refractivity contribution in [2.75, 3.05) is 18.0 Å². The first-order valence-corrected chi connectivity index (χ1v) is 7.80. The molecule has 0 amide bonds. The lowest BCUT2D eigenvalue weighted by molar-refractivity contribution is 0.322. The summed E-state index contributed by atoms with van der Waals surface area (Å²) in [6.45, 7) is 8.50. The van der Waals surface area contributed by atoms with Gasteiger partial charge in [-0.15, -0.1) is 0 Å². The van der Waals surface area contributed by atoms with Crippen LogP contribution in [0.25, 0.3) is 0 Å². The number of nitrogens with zero attached hydrogens (tertiary/aromatic N) is 1. The molecule has 1 aliphatic heterocycles. The van der Waals surface area contributed by atoms with Crippen molar-refractivity contribution in [1.82, 2.24) is 0 Å². The van der Waals surface area contributed by atoms with Crippen molar-refractivity contribution in [2.45, 2.75) is 46.1 Å². The predicted molar refractivity (Wildman–Crippen MR) is 83.5 cm³/mol. The third-order valence-corrected chi connectivity index (χ3v) is 4.71. The van der Waals surface area contributed by atoms with Crippen LogP contribution in [0.4, 0.5) is 10.1 Å². The Labute approximate surface area is 122 Å². The zero-order chi connectivity index (χ0) is 14.7. The van der Waals surface area contributed by atoms with Gasteiger partial charge in [-0.3, -0.25) is 0 Å². The Hall–Kier alpha value is -1.09. The highest BCUT2D eigenvalue weighted by Crippen LogP contribution is 2.29. The molecule has 0 aromatic heterocycles. The van der Waals surface area contributed by atoms with E-state index in [1.807, 2.05) is 12.1 Å². The van der Waals surface area contributed by atoms with Crippen molar-refractivity contribution in [2.24, 2.45) is 17.6 Å². The second-order valence-corrected chi connectivity index (χ2v) is 6.35. The molecule has 0 bridgehead atoms. The summed E-state index contributed by atoms with van der Waals surface area (Å²) in [5.74, 6) is 1.25. The van der Waals surface area contributed by atoms with Gasteiger partial charge in [0.2, 0.25) is 0 Å². The highest BCUT2D eigenvalue weighted by Gasteiger charge is 2.24. The standard InChI is InChI=1S/C17H27FN2/c1-4-15(19)9-14-5-6-17(16(18)10-14)20-8-7-12(2)13(3)11-20/h5-6,10,12-13,15H,4,7-9,11,19H2,1-3H3. The lowest BCUT2D eigenvalue weighted by atomic mass is 9.88. The average Bonchev–Trinajstić information content (AvgIpc) is 2.42. The molecule has 1 aromatic carbocycles. The monoisotopic (exact) mass is 278 g/mol. The van der Waals surface area contributed by atoms with Crippen molar-refractivity contribution in [1.29, 1.82) is 0 Å². The Bertz CT molecular complexity index is 447. The molecule has 1 heterocycles. The van der Waals surface area contributed by atoms with Crippen molar-refractivity contribution in [3.05, 3.63) is 29.6 Å². The fourth-order valence-electron chi connectivity index (χ4n) is 2.86. The molecule has 1 fully saturated rings. The van der Waals surface area contributed by atoms with Crippen LogP contribution in [0.1, 0.15) is 39.2 Å². The van der Waals surface area contributed by atoms with Crippen molar-refractivity contribution >= 4 is 5.69 Å². The second-order valence-electron chi connectivity index (χ2n) is 6.35. The number of hydrogen-bond donors (Lipinski definition) is 1. The Morgan fingerprint density at radius 1 is 1.35 bits per heavy atom. The molecule has 2 nitrogen and oxygen atoms in total. The van der Waals surface area contributed by atoms with Crippen LogP contribution < -0.4 is 10.6 Å². The van der Waals surface area contributed by atoms with Gasteiger partial charge in [-0.1, -0.05) is 26.8 Å². The number of hydrogen-bond acceptors (Lipinski definition) is 2. The summed E-state index contributed by atoms with van der Waals surface area (Å²) in [5.41, 5.74) is 7.68. The minimum absolute atomic E-state index is 0.104. The number of anilines is 1. The van der Waals surface area contributed by atoms with E-state index in [1.54, 1.807) is 6.07 Å². The Kier molecular flexibility index (Phi) is 5.03. The maximum atomic E-state index is 14.3. The zero-order valence-corrected chi connectivity index (χ0v) is 12.9. The number of benzene rings is 1. The van der Waals surface area contributed by atoms with E-state index in [-0.39, 0.29) is 11.9 Å². The Morgan fingerprint density at radius 3 is 2.70 bits per heavy atom. The van der Waals surface area contributed by atoms with E-state index in [2.05, 4.69) is 25.7 Å². The lowest BCUT2D eigenvalue weighted by Crippen LogP contribution is -2.38. The van der Waals surface area contributed by atoms with E-state index in [0.717, 1.165) is 49.5 Å². The number of nitrogens with two attached hydrogens (primary N) is 1. The third kappa shape index (κ3) is 3.51. The Balaban J connectivity index is 2.09. The van der Waals surface area contributed by atoms with Gasteiger partial charge in [-0.05, 0) is 48.8 Å². The van der Waals surface area contributed by atoms with Crippen LogP contribution >= 0.6 is 0 Å². The normalized spacial score (nSPS) is 24.8. The first kappa shape index (κ1) is 15.3. The molecular formula is C17H27FN2. The molecule has 0 saturated carbocycles. The minimum atomic E-state index is -0.104. The molecule has 0 spiro atoms. The van der Waals surface area contributed by atoms with Crippen molar-refractivity contribution in [3.63, 3.8) is 0 Å². The van der Waals surface area contributed by atoms with Crippen molar-refractivity contribution < 1.29 is 4.39 Å². The van der Waals surface area contributed by atoms with Crippen LogP contribution in [0.2, 0.25) is 0 Å². The summed E-state index contributed by atoms with van der Waals surface area (Å²) >= 11 is 0. The number of halogens is 1. The van der Waals surface area contributed by atoms with E-state index in [4.69, 9.17) is 5.73 Å². The van der Waals surface area contributed by atoms with E-state index >= 15 is 0 Å². The van der Waals surface area contributed by atoms with Crippen LogP contribution in [-0.4, -0.2) is 19.1 Å².